The third-order valence-corrected chi connectivity index (χ3v) is 5.47. The summed E-state index contributed by atoms with van der Waals surface area (Å²) in [6.07, 6.45) is 8.53. The molecule has 0 aromatic rings. The maximum Gasteiger partial charge on any atom is 0.305 e. The largest absolute Gasteiger partial charge is 0.469 e. The van der Waals surface area contributed by atoms with Gasteiger partial charge in [-0.3, -0.25) is 9.69 Å². The minimum Gasteiger partial charge on any atom is -0.469 e. The summed E-state index contributed by atoms with van der Waals surface area (Å²) in [7, 11) is 3.25. The van der Waals surface area contributed by atoms with E-state index >= 15 is 0 Å². The second-order valence-corrected chi connectivity index (χ2v) is 6.62. The number of hydrogen-bond acceptors (Lipinski definition) is 5. The quantitative estimate of drug-likeness (QED) is 0.408. The molecule has 0 bridgehead atoms. The fourth-order valence-electron chi connectivity index (χ4n) is 4.06. The molecule has 5 nitrogen and oxygen atoms in total. The van der Waals surface area contributed by atoms with E-state index in [1.165, 1.54) is 12.7 Å². The number of carbonyl (C=O) groups is 1. The lowest BCUT2D eigenvalue weighted by Crippen LogP contribution is -2.50. The molecule has 2 heterocycles. The molecule has 0 spiro atoms. The fraction of sp³-hybridized carbons (Fsp3) is 0.824. The Morgan fingerprint density at radius 3 is 3.00 bits per heavy atom. The van der Waals surface area contributed by atoms with E-state index in [1.807, 2.05) is 0 Å². The Morgan fingerprint density at radius 2 is 2.32 bits per heavy atom. The second kappa shape index (κ2) is 6.69. The molecule has 3 rings (SSSR count). The van der Waals surface area contributed by atoms with Crippen LogP contribution >= 0.6 is 0 Å². The van der Waals surface area contributed by atoms with Crippen LogP contribution in [0, 0.1) is 0 Å². The second-order valence-electron chi connectivity index (χ2n) is 6.62. The number of ether oxygens (including phenoxy) is 3. The van der Waals surface area contributed by atoms with Crippen molar-refractivity contribution >= 4 is 5.97 Å². The van der Waals surface area contributed by atoms with Gasteiger partial charge in [-0.2, -0.15) is 0 Å². The van der Waals surface area contributed by atoms with Crippen molar-refractivity contribution in [3.8, 4) is 0 Å². The molecular formula is C17H27NO4. The first-order valence-electron chi connectivity index (χ1n) is 8.34. The van der Waals surface area contributed by atoms with E-state index in [9.17, 15) is 4.79 Å². The smallest absolute Gasteiger partial charge is 0.305 e. The number of likely N-dealkylation sites (tertiary alicyclic amines) is 1. The highest BCUT2D eigenvalue weighted by Crippen LogP contribution is 2.46. The summed E-state index contributed by atoms with van der Waals surface area (Å²) in [5.41, 5.74) is 1.49. The van der Waals surface area contributed by atoms with Crippen molar-refractivity contribution in [2.45, 2.75) is 56.3 Å². The van der Waals surface area contributed by atoms with Gasteiger partial charge in [-0.1, -0.05) is 11.6 Å². The van der Waals surface area contributed by atoms with E-state index in [2.05, 4.69) is 11.0 Å². The van der Waals surface area contributed by atoms with Gasteiger partial charge in [0.2, 0.25) is 0 Å². The fourth-order valence-corrected chi connectivity index (χ4v) is 4.06. The van der Waals surface area contributed by atoms with Crippen LogP contribution in [0.5, 0.6) is 0 Å². The van der Waals surface area contributed by atoms with Gasteiger partial charge in [0.1, 0.15) is 0 Å². The van der Waals surface area contributed by atoms with Crippen LogP contribution in [-0.4, -0.2) is 62.5 Å². The third-order valence-electron chi connectivity index (χ3n) is 5.47. The van der Waals surface area contributed by atoms with Crippen molar-refractivity contribution in [1.82, 2.24) is 4.90 Å². The molecule has 0 saturated carbocycles. The Balaban J connectivity index is 1.74. The van der Waals surface area contributed by atoms with Gasteiger partial charge in [0.25, 0.3) is 0 Å². The highest BCUT2D eigenvalue weighted by atomic mass is 16.6. The topological polar surface area (TPSA) is 51.3 Å². The SMILES string of the molecule is COC(=O)CC[C@]12C[C@@H](OC)CC=C1CCN2CC[C@@H]1CO1. The van der Waals surface area contributed by atoms with Gasteiger partial charge in [0.15, 0.2) is 0 Å². The predicted molar refractivity (Wildman–Crippen MR) is 82.6 cm³/mol. The molecule has 2 aliphatic heterocycles. The Labute approximate surface area is 132 Å². The van der Waals surface area contributed by atoms with Crippen LogP contribution in [0.3, 0.4) is 0 Å². The number of fused-ring (bicyclic) bond motifs is 1. The highest BCUT2D eigenvalue weighted by Gasteiger charge is 2.48. The van der Waals surface area contributed by atoms with Crippen LogP contribution in [0.15, 0.2) is 11.6 Å². The Hall–Kier alpha value is -0.910. The molecule has 5 heteroatoms. The Kier molecular flexibility index (Phi) is 4.85. The minimum atomic E-state index is -0.120. The molecule has 1 aliphatic carbocycles. The molecule has 0 aromatic heterocycles. The summed E-state index contributed by atoms with van der Waals surface area (Å²) in [4.78, 5) is 14.2. The van der Waals surface area contributed by atoms with Crippen LogP contribution in [0.2, 0.25) is 0 Å². The maximum absolute atomic E-state index is 11.7. The molecule has 0 radical (unpaired) electrons. The first kappa shape index (κ1) is 16.0. The lowest BCUT2D eigenvalue weighted by Gasteiger charge is -2.44. The van der Waals surface area contributed by atoms with Crippen LogP contribution in [0.25, 0.3) is 0 Å². The van der Waals surface area contributed by atoms with Gasteiger partial charge in [-0.15, -0.1) is 0 Å². The summed E-state index contributed by atoms with van der Waals surface area (Å²) in [6, 6.07) is 0. The van der Waals surface area contributed by atoms with Crippen molar-refractivity contribution in [1.29, 1.82) is 0 Å². The average molecular weight is 309 g/mol. The Bertz CT molecular complexity index is 446. The molecule has 0 amide bonds. The number of epoxide rings is 1. The van der Waals surface area contributed by atoms with E-state index in [0.717, 1.165) is 51.8 Å². The number of esters is 1. The normalized spacial score (nSPS) is 34.2. The van der Waals surface area contributed by atoms with Gasteiger partial charge in [0, 0.05) is 32.2 Å². The summed E-state index contributed by atoms with van der Waals surface area (Å²) >= 11 is 0. The average Bonchev–Trinajstić information content (AvgIpc) is 3.31. The monoisotopic (exact) mass is 309 g/mol. The zero-order valence-corrected chi connectivity index (χ0v) is 13.7. The van der Waals surface area contributed by atoms with Crippen molar-refractivity contribution < 1.29 is 19.0 Å². The summed E-state index contributed by atoms with van der Waals surface area (Å²) in [5, 5.41) is 0. The molecule has 22 heavy (non-hydrogen) atoms. The first-order chi connectivity index (χ1) is 10.7. The maximum atomic E-state index is 11.7. The summed E-state index contributed by atoms with van der Waals surface area (Å²) < 4.78 is 15.8. The number of methoxy groups -OCH3 is 2. The number of nitrogens with zero attached hydrogens (tertiary/aromatic N) is 1. The molecule has 3 atom stereocenters. The van der Waals surface area contributed by atoms with Gasteiger partial charge in [-0.25, -0.2) is 0 Å². The van der Waals surface area contributed by atoms with Crippen molar-refractivity contribution in [3.63, 3.8) is 0 Å². The van der Waals surface area contributed by atoms with E-state index < -0.39 is 0 Å². The molecule has 3 aliphatic rings. The number of hydrogen-bond donors (Lipinski definition) is 0. The molecule has 124 valence electrons. The van der Waals surface area contributed by atoms with Crippen molar-refractivity contribution in [3.05, 3.63) is 11.6 Å². The predicted octanol–water partition coefficient (Wildman–Crippen LogP) is 1.91. The van der Waals surface area contributed by atoms with E-state index in [0.29, 0.717) is 12.5 Å². The number of rotatable bonds is 7. The molecule has 0 unspecified atom stereocenters. The molecular weight excluding hydrogens is 282 g/mol. The van der Waals surface area contributed by atoms with Crippen LogP contribution in [0.4, 0.5) is 0 Å². The van der Waals surface area contributed by atoms with Crippen molar-refractivity contribution in [2.75, 3.05) is 33.9 Å². The zero-order valence-electron chi connectivity index (χ0n) is 13.7. The first-order valence-corrected chi connectivity index (χ1v) is 8.34. The standard InChI is InChI=1S/C17H27NO4/c1-20-14-4-3-13-6-9-18(10-7-15-12-22-15)17(13,11-14)8-5-16(19)21-2/h3,14-15H,4-12H2,1-2H3/t14-,15+,17-/m0/s1. The van der Waals surface area contributed by atoms with Gasteiger partial charge < -0.3 is 14.2 Å². The van der Waals surface area contributed by atoms with E-state index in [-0.39, 0.29) is 17.6 Å². The molecule has 2 fully saturated rings. The van der Waals surface area contributed by atoms with Crippen molar-refractivity contribution in [2.24, 2.45) is 0 Å². The minimum absolute atomic E-state index is 0.0119. The van der Waals surface area contributed by atoms with E-state index in [1.54, 1.807) is 7.11 Å². The van der Waals surface area contributed by atoms with Gasteiger partial charge in [-0.05, 0) is 32.1 Å². The summed E-state index contributed by atoms with van der Waals surface area (Å²) in [5.74, 6) is -0.120. The molecule has 2 saturated heterocycles. The lowest BCUT2D eigenvalue weighted by molar-refractivity contribution is -0.141. The van der Waals surface area contributed by atoms with Gasteiger partial charge >= 0.3 is 5.97 Å². The highest BCUT2D eigenvalue weighted by molar-refractivity contribution is 5.69. The summed E-state index contributed by atoms with van der Waals surface area (Å²) in [6.45, 7) is 3.03. The lowest BCUT2D eigenvalue weighted by atomic mass is 9.76. The number of carbonyl (C=O) groups excluding carboxylic acids is 1. The zero-order chi connectivity index (χ0) is 15.6. The molecule has 0 aromatic carbocycles. The third kappa shape index (κ3) is 3.21. The van der Waals surface area contributed by atoms with Crippen LogP contribution in [0.1, 0.15) is 38.5 Å². The van der Waals surface area contributed by atoms with Crippen LogP contribution < -0.4 is 0 Å². The Morgan fingerprint density at radius 1 is 1.50 bits per heavy atom. The van der Waals surface area contributed by atoms with E-state index in [4.69, 9.17) is 14.2 Å². The van der Waals surface area contributed by atoms with Gasteiger partial charge in [0.05, 0.1) is 25.9 Å². The van der Waals surface area contributed by atoms with Crippen LogP contribution in [-0.2, 0) is 19.0 Å². The molecule has 0 N–H and O–H groups in total.